The minimum Gasteiger partial charge on any atom is -0.481 e. The van der Waals surface area contributed by atoms with Crippen LogP contribution in [0.25, 0.3) is 0 Å². The number of carboxylic acid groups (broad SMARTS) is 1. The van der Waals surface area contributed by atoms with Crippen molar-refractivity contribution in [1.82, 2.24) is 10.6 Å². The molecule has 0 aromatic heterocycles. The maximum absolute atomic E-state index is 11.7. The molecule has 8 nitrogen and oxygen atoms in total. The number of carbonyl (C=O) groups is 3. The van der Waals surface area contributed by atoms with E-state index in [0.717, 1.165) is 11.1 Å². The summed E-state index contributed by atoms with van der Waals surface area (Å²) in [6.45, 7) is -0.229. The van der Waals surface area contributed by atoms with Crippen LogP contribution in [-0.2, 0) is 27.5 Å². The maximum Gasteiger partial charge on any atom is 0.407 e. The van der Waals surface area contributed by atoms with E-state index in [2.05, 4.69) is 10.6 Å². The third-order valence-electron chi connectivity index (χ3n) is 3.76. The third kappa shape index (κ3) is 7.77. The number of nitrogens with one attached hydrogen (secondary N) is 2. The zero-order chi connectivity index (χ0) is 20.2. The van der Waals surface area contributed by atoms with Crippen LogP contribution < -0.4 is 10.6 Å². The van der Waals surface area contributed by atoms with Crippen LogP contribution in [0.15, 0.2) is 60.7 Å². The summed E-state index contributed by atoms with van der Waals surface area (Å²) in [5, 5.41) is 14.0. The lowest BCUT2D eigenvalue weighted by atomic mass is 10.1. The topological polar surface area (TPSA) is 114 Å². The van der Waals surface area contributed by atoms with E-state index >= 15 is 0 Å². The van der Waals surface area contributed by atoms with Gasteiger partial charge in [0.1, 0.15) is 13.2 Å². The van der Waals surface area contributed by atoms with Gasteiger partial charge in [-0.2, -0.15) is 0 Å². The number of hydrogen-bond donors (Lipinski definition) is 3. The first-order valence-corrected chi connectivity index (χ1v) is 8.66. The van der Waals surface area contributed by atoms with E-state index in [9.17, 15) is 19.5 Å². The summed E-state index contributed by atoms with van der Waals surface area (Å²) in [6.07, 6.45) is -1.47. The van der Waals surface area contributed by atoms with Gasteiger partial charge in [0, 0.05) is 13.1 Å². The highest BCUT2D eigenvalue weighted by molar-refractivity contribution is 5.74. The molecule has 0 aliphatic rings. The van der Waals surface area contributed by atoms with Crippen LogP contribution in [-0.4, -0.2) is 36.4 Å². The van der Waals surface area contributed by atoms with Crippen LogP contribution in [0.2, 0.25) is 0 Å². The molecule has 0 spiro atoms. The number of benzene rings is 2. The number of carboxylic acids is 1. The summed E-state index contributed by atoms with van der Waals surface area (Å²) in [5.41, 5.74) is 1.63. The molecule has 0 bridgehead atoms. The van der Waals surface area contributed by atoms with Crippen molar-refractivity contribution in [3.63, 3.8) is 0 Å². The molecule has 0 aliphatic heterocycles. The normalized spacial score (nSPS) is 10.2. The molecule has 0 atom stereocenters. The van der Waals surface area contributed by atoms with Crippen molar-refractivity contribution >= 4 is 18.2 Å². The molecule has 0 fully saturated rings. The molecule has 2 amide bonds. The quantitative estimate of drug-likeness (QED) is 0.610. The SMILES string of the molecule is O=C(NCC(CNC(=O)OCc1ccccc1)C(=O)O)OCc1ccccc1. The second-order valence-corrected chi connectivity index (χ2v) is 5.92. The predicted molar refractivity (Wildman–Crippen MR) is 100 cm³/mol. The number of carbonyl (C=O) groups excluding carboxylic acids is 2. The van der Waals surface area contributed by atoms with Gasteiger partial charge in [-0.3, -0.25) is 4.79 Å². The lowest BCUT2D eigenvalue weighted by molar-refractivity contribution is -0.141. The van der Waals surface area contributed by atoms with Crippen molar-refractivity contribution in [3.8, 4) is 0 Å². The largest absolute Gasteiger partial charge is 0.481 e. The summed E-state index contributed by atoms with van der Waals surface area (Å²) in [5.74, 6) is -2.18. The smallest absolute Gasteiger partial charge is 0.407 e. The predicted octanol–water partition coefficient (Wildman–Crippen LogP) is 2.54. The highest BCUT2D eigenvalue weighted by Gasteiger charge is 2.20. The fourth-order valence-electron chi connectivity index (χ4n) is 2.21. The molecule has 0 heterocycles. The highest BCUT2D eigenvalue weighted by Crippen LogP contribution is 2.02. The monoisotopic (exact) mass is 386 g/mol. The Labute approximate surface area is 162 Å². The van der Waals surface area contributed by atoms with Crippen LogP contribution in [0.3, 0.4) is 0 Å². The Kier molecular flexibility index (Phi) is 8.32. The first kappa shape index (κ1) is 20.8. The van der Waals surface area contributed by atoms with E-state index in [1.165, 1.54) is 0 Å². The summed E-state index contributed by atoms with van der Waals surface area (Å²) in [4.78, 5) is 34.7. The van der Waals surface area contributed by atoms with Crippen molar-refractivity contribution < 1.29 is 29.0 Å². The molecule has 2 aromatic rings. The van der Waals surface area contributed by atoms with Gasteiger partial charge >= 0.3 is 18.2 Å². The minimum absolute atomic E-state index is 0.0779. The number of amides is 2. The van der Waals surface area contributed by atoms with E-state index in [1.807, 2.05) is 36.4 Å². The molecule has 0 saturated heterocycles. The lowest BCUT2D eigenvalue weighted by Gasteiger charge is -2.14. The molecule has 0 aliphatic carbocycles. The van der Waals surface area contributed by atoms with Crippen molar-refractivity contribution in [3.05, 3.63) is 71.8 Å². The Morgan fingerprint density at radius 2 is 1.14 bits per heavy atom. The average Bonchev–Trinajstić information content (AvgIpc) is 2.72. The van der Waals surface area contributed by atoms with E-state index < -0.39 is 24.1 Å². The number of rotatable bonds is 9. The van der Waals surface area contributed by atoms with Gasteiger partial charge in [0.05, 0.1) is 5.92 Å². The van der Waals surface area contributed by atoms with Crippen LogP contribution in [0, 0.1) is 5.92 Å². The Hall–Kier alpha value is -3.55. The van der Waals surface area contributed by atoms with E-state index in [1.54, 1.807) is 24.3 Å². The van der Waals surface area contributed by atoms with Gasteiger partial charge in [0.25, 0.3) is 0 Å². The van der Waals surface area contributed by atoms with E-state index in [4.69, 9.17) is 9.47 Å². The molecule has 8 heteroatoms. The standard InChI is InChI=1S/C20H22N2O6/c23-18(24)17(11-21-19(25)27-13-15-7-3-1-4-8-15)12-22-20(26)28-14-16-9-5-2-6-10-16/h1-10,17H,11-14H2,(H,21,25)(H,22,26)(H,23,24). The molecule has 3 N–H and O–H groups in total. The van der Waals surface area contributed by atoms with Crippen LogP contribution in [0.5, 0.6) is 0 Å². The van der Waals surface area contributed by atoms with Crippen LogP contribution >= 0.6 is 0 Å². The molecule has 0 radical (unpaired) electrons. The van der Waals surface area contributed by atoms with Gasteiger partial charge in [0.2, 0.25) is 0 Å². The zero-order valence-electron chi connectivity index (χ0n) is 15.2. The van der Waals surface area contributed by atoms with Crippen LogP contribution in [0.4, 0.5) is 9.59 Å². The van der Waals surface area contributed by atoms with Crippen molar-refractivity contribution in [1.29, 1.82) is 0 Å². The van der Waals surface area contributed by atoms with Gasteiger partial charge in [-0.15, -0.1) is 0 Å². The van der Waals surface area contributed by atoms with Crippen molar-refractivity contribution in [2.75, 3.05) is 13.1 Å². The van der Waals surface area contributed by atoms with Gasteiger partial charge in [0.15, 0.2) is 0 Å². The Morgan fingerprint density at radius 1 is 0.750 bits per heavy atom. The van der Waals surface area contributed by atoms with Gasteiger partial charge in [-0.05, 0) is 11.1 Å². The van der Waals surface area contributed by atoms with Gasteiger partial charge in [-0.25, -0.2) is 9.59 Å². The molecular formula is C20H22N2O6. The van der Waals surface area contributed by atoms with Gasteiger partial charge in [-0.1, -0.05) is 60.7 Å². The van der Waals surface area contributed by atoms with Crippen molar-refractivity contribution in [2.45, 2.75) is 13.2 Å². The second kappa shape index (κ2) is 11.2. The Bertz CT molecular complexity index is 707. The fraction of sp³-hybridized carbons (Fsp3) is 0.250. The molecule has 2 aromatic carbocycles. The van der Waals surface area contributed by atoms with E-state index in [0.29, 0.717) is 0 Å². The Balaban J connectivity index is 1.68. The van der Waals surface area contributed by atoms with E-state index in [-0.39, 0.29) is 26.3 Å². The number of alkyl carbamates (subject to hydrolysis) is 2. The molecule has 0 saturated carbocycles. The number of aliphatic carboxylic acids is 1. The highest BCUT2D eigenvalue weighted by atomic mass is 16.6. The number of ether oxygens (including phenoxy) is 2. The fourth-order valence-corrected chi connectivity index (χ4v) is 2.21. The summed E-state index contributed by atoms with van der Waals surface area (Å²) >= 11 is 0. The average molecular weight is 386 g/mol. The molecule has 148 valence electrons. The number of hydrogen-bond acceptors (Lipinski definition) is 5. The van der Waals surface area contributed by atoms with Gasteiger partial charge < -0.3 is 25.2 Å². The molecule has 0 unspecified atom stereocenters. The minimum atomic E-state index is -1.16. The van der Waals surface area contributed by atoms with Crippen LogP contribution in [0.1, 0.15) is 11.1 Å². The summed E-state index contributed by atoms with van der Waals surface area (Å²) < 4.78 is 10.0. The lowest BCUT2D eigenvalue weighted by Crippen LogP contribution is -2.40. The Morgan fingerprint density at radius 3 is 1.50 bits per heavy atom. The second-order valence-electron chi connectivity index (χ2n) is 5.92. The third-order valence-corrected chi connectivity index (χ3v) is 3.76. The molecule has 2 rings (SSSR count). The first-order chi connectivity index (χ1) is 13.5. The maximum atomic E-state index is 11.7. The zero-order valence-corrected chi connectivity index (χ0v) is 15.2. The summed E-state index contributed by atoms with van der Waals surface area (Å²) in [6, 6.07) is 18.2. The van der Waals surface area contributed by atoms with Crippen molar-refractivity contribution in [2.24, 2.45) is 5.92 Å². The first-order valence-electron chi connectivity index (χ1n) is 8.66. The molecular weight excluding hydrogens is 364 g/mol. The molecule has 28 heavy (non-hydrogen) atoms. The summed E-state index contributed by atoms with van der Waals surface area (Å²) in [7, 11) is 0.